The number of fused-ring (bicyclic) bond motifs is 1. The van der Waals surface area contributed by atoms with Crippen molar-refractivity contribution in [2.24, 2.45) is 5.41 Å². The second kappa shape index (κ2) is 5.02. The van der Waals surface area contributed by atoms with Gasteiger partial charge in [0.25, 0.3) is 0 Å². The summed E-state index contributed by atoms with van der Waals surface area (Å²) >= 11 is 0. The van der Waals surface area contributed by atoms with Crippen molar-refractivity contribution in [3.63, 3.8) is 0 Å². The van der Waals surface area contributed by atoms with E-state index in [-0.39, 0.29) is 11.4 Å². The zero-order valence-electron chi connectivity index (χ0n) is 12.8. The van der Waals surface area contributed by atoms with E-state index in [0.29, 0.717) is 5.88 Å². The van der Waals surface area contributed by atoms with Crippen LogP contribution in [-0.2, 0) is 12.8 Å². The first-order valence-electron chi connectivity index (χ1n) is 7.33. The Hall–Kier alpha value is -2.10. The lowest BCUT2D eigenvalue weighted by Gasteiger charge is -2.31. The normalized spacial score (nSPS) is 16.3. The third-order valence-corrected chi connectivity index (χ3v) is 4.07. The molecular formula is C17H21N3O. The van der Waals surface area contributed by atoms with Crippen molar-refractivity contribution >= 4 is 5.95 Å². The molecule has 0 saturated carbocycles. The molecule has 0 amide bonds. The number of aromatic nitrogens is 2. The number of nitrogens with zero attached hydrogens (tertiary/aromatic N) is 2. The second-order valence-corrected chi connectivity index (χ2v) is 6.52. The fraction of sp³-hybridized carbons (Fsp3) is 0.412. The van der Waals surface area contributed by atoms with Gasteiger partial charge in [0.05, 0.1) is 5.69 Å². The highest BCUT2D eigenvalue weighted by molar-refractivity contribution is 5.42. The SMILES string of the molecule is Cc1ccccc1Oc1nc(N)nc2c1CC(C)(C)CC2. The standard InChI is InChI=1S/C17H21N3O/c1-11-6-4-5-7-14(11)21-15-12-10-17(2,3)9-8-13(12)19-16(18)20-15/h4-7H,8-10H2,1-3H3,(H2,18,19,20). The molecule has 1 aliphatic carbocycles. The summed E-state index contributed by atoms with van der Waals surface area (Å²) in [6, 6.07) is 7.93. The first kappa shape index (κ1) is 13.9. The molecule has 110 valence electrons. The zero-order chi connectivity index (χ0) is 15.0. The summed E-state index contributed by atoms with van der Waals surface area (Å²) in [5.74, 6) is 1.72. The Bertz CT molecular complexity index is 680. The van der Waals surface area contributed by atoms with Crippen LogP contribution in [0, 0.1) is 12.3 Å². The Morgan fingerprint density at radius 2 is 1.95 bits per heavy atom. The van der Waals surface area contributed by atoms with Crippen LogP contribution < -0.4 is 10.5 Å². The number of anilines is 1. The molecule has 0 unspecified atom stereocenters. The van der Waals surface area contributed by atoms with Gasteiger partial charge in [0.2, 0.25) is 11.8 Å². The Labute approximate surface area is 125 Å². The van der Waals surface area contributed by atoms with Crippen LogP contribution in [-0.4, -0.2) is 9.97 Å². The molecular weight excluding hydrogens is 262 g/mol. The first-order chi connectivity index (χ1) is 9.94. The molecule has 0 spiro atoms. The lowest BCUT2D eigenvalue weighted by molar-refractivity contribution is 0.303. The summed E-state index contributed by atoms with van der Waals surface area (Å²) in [7, 11) is 0. The molecule has 2 aromatic rings. The summed E-state index contributed by atoms with van der Waals surface area (Å²) in [4.78, 5) is 8.72. The van der Waals surface area contributed by atoms with Crippen molar-refractivity contribution in [3.05, 3.63) is 41.1 Å². The van der Waals surface area contributed by atoms with E-state index in [2.05, 4.69) is 23.8 Å². The van der Waals surface area contributed by atoms with E-state index in [1.54, 1.807) is 0 Å². The number of ether oxygens (including phenoxy) is 1. The van der Waals surface area contributed by atoms with Crippen LogP contribution in [0.25, 0.3) is 0 Å². The fourth-order valence-electron chi connectivity index (χ4n) is 2.79. The Morgan fingerprint density at radius 3 is 2.71 bits per heavy atom. The maximum absolute atomic E-state index is 6.05. The fourth-order valence-corrected chi connectivity index (χ4v) is 2.79. The summed E-state index contributed by atoms with van der Waals surface area (Å²) in [5.41, 5.74) is 9.30. The Balaban J connectivity index is 2.03. The molecule has 1 heterocycles. The minimum absolute atomic E-state index is 0.246. The van der Waals surface area contributed by atoms with Crippen LogP contribution >= 0.6 is 0 Å². The molecule has 4 nitrogen and oxygen atoms in total. The van der Waals surface area contributed by atoms with E-state index in [1.165, 1.54) is 0 Å². The molecule has 0 aliphatic heterocycles. The number of nitrogen functional groups attached to an aromatic ring is 1. The molecule has 0 atom stereocenters. The van der Waals surface area contributed by atoms with Crippen molar-refractivity contribution < 1.29 is 4.74 Å². The lowest BCUT2D eigenvalue weighted by Crippen LogP contribution is -2.24. The number of para-hydroxylation sites is 1. The highest BCUT2D eigenvalue weighted by Crippen LogP contribution is 2.39. The van der Waals surface area contributed by atoms with Crippen molar-refractivity contribution in [1.82, 2.24) is 9.97 Å². The molecule has 21 heavy (non-hydrogen) atoms. The van der Waals surface area contributed by atoms with Gasteiger partial charge in [-0.1, -0.05) is 32.0 Å². The van der Waals surface area contributed by atoms with E-state index < -0.39 is 0 Å². The monoisotopic (exact) mass is 283 g/mol. The maximum atomic E-state index is 6.05. The molecule has 2 N–H and O–H groups in total. The van der Waals surface area contributed by atoms with Crippen molar-refractivity contribution in [1.29, 1.82) is 0 Å². The third kappa shape index (κ3) is 2.84. The average Bonchev–Trinajstić information content (AvgIpc) is 2.42. The topological polar surface area (TPSA) is 61.0 Å². The first-order valence-corrected chi connectivity index (χ1v) is 7.33. The van der Waals surface area contributed by atoms with Crippen LogP contribution in [0.1, 0.15) is 37.1 Å². The van der Waals surface area contributed by atoms with Crippen molar-refractivity contribution in [3.8, 4) is 11.6 Å². The Morgan fingerprint density at radius 1 is 1.19 bits per heavy atom. The molecule has 1 aromatic carbocycles. The predicted molar refractivity (Wildman–Crippen MR) is 83.5 cm³/mol. The van der Waals surface area contributed by atoms with Gasteiger partial charge in [-0.3, -0.25) is 0 Å². The van der Waals surface area contributed by atoms with Gasteiger partial charge in [-0.2, -0.15) is 4.98 Å². The molecule has 1 aromatic heterocycles. The number of nitrogens with two attached hydrogens (primary N) is 1. The molecule has 0 saturated heterocycles. The molecule has 1 aliphatic rings. The minimum Gasteiger partial charge on any atom is -0.438 e. The highest BCUT2D eigenvalue weighted by Gasteiger charge is 2.30. The van der Waals surface area contributed by atoms with Gasteiger partial charge < -0.3 is 10.5 Å². The summed E-state index contributed by atoms with van der Waals surface area (Å²) in [6.07, 6.45) is 2.96. The van der Waals surface area contributed by atoms with Gasteiger partial charge in [-0.05, 0) is 43.2 Å². The maximum Gasteiger partial charge on any atom is 0.227 e. The summed E-state index contributed by atoms with van der Waals surface area (Å²) in [5, 5.41) is 0. The van der Waals surface area contributed by atoms with E-state index in [1.807, 2.05) is 31.2 Å². The quantitative estimate of drug-likeness (QED) is 0.913. The molecule has 3 rings (SSSR count). The van der Waals surface area contributed by atoms with Gasteiger partial charge in [-0.15, -0.1) is 0 Å². The Kier molecular flexibility index (Phi) is 3.32. The van der Waals surface area contributed by atoms with E-state index in [0.717, 1.165) is 41.8 Å². The molecule has 0 bridgehead atoms. The highest BCUT2D eigenvalue weighted by atomic mass is 16.5. The van der Waals surface area contributed by atoms with Crippen LogP contribution in [0.15, 0.2) is 24.3 Å². The second-order valence-electron chi connectivity index (χ2n) is 6.52. The largest absolute Gasteiger partial charge is 0.438 e. The van der Waals surface area contributed by atoms with Crippen molar-refractivity contribution in [2.45, 2.75) is 40.0 Å². The van der Waals surface area contributed by atoms with Crippen LogP contribution in [0.5, 0.6) is 11.6 Å². The van der Waals surface area contributed by atoms with Gasteiger partial charge in [0.1, 0.15) is 5.75 Å². The van der Waals surface area contributed by atoms with Crippen LogP contribution in [0.2, 0.25) is 0 Å². The third-order valence-electron chi connectivity index (χ3n) is 4.07. The van der Waals surface area contributed by atoms with E-state index >= 15 is 0 Å². The number of hydrogen-bond acceptors (Lipinski definition) is 4. The van der Waals surface area contributed by atoms with E-state index in [4.69, 9.17) is 10.5 Å². The average molecular weight is 283 g/mol. The van der Waals surface area contributed by atoms with Crippen molar-refractivity contribution in [2.75, 3.05) is 5.73 Å². The van der Waals surface area contributed by atoms with Gasteiger partial charge in [0, 0.05) is 5.56 Å². The summed E-state index contributed by atoms with van der Waals surface area (Å²) in [6.45, 7) is 6.56. The number of benzene rings is 1. The van der Waals surface area contributed by atoms with E-state index in [9.17, 15) is 0 Å². The lowest BCUT2D eigenvalue weighted by atomic mass is 9.76. The predicted octanol–water partition coefficient (Wildman–Crippen LogP) is 3.67. The smallest absolute Gasteiger partial charge is 0.227 e. The zero-order valence-corrected chi connectivity index (χ0v) is 12.8. The summed E-state index contributed by atoms with van der Waals surface area (Å²) < 4.78 is 6.05. The van der Waals surface area contributed by atoms with Crippen LogP contribution in [0.3, 0.4) is 0 Å². The minimum atomic E-state index is 0.246. The van der Waals surface area contributed by atoms with Gasteiger partial charge in [-0.25, -0.2) is 4.98 Å². The van der Waals surface area contributed by atoms with Gasteiger partial charge in [0.15, 0.2) is 0 Å². The molecule has 4 heteroatoms. The van der Waals surface area contributed by atoms with Gasteiger partial charge >= 0.3 is 0 Å². The number of hydrogen-bond donors (Lipinski definition) is 1. The van der Waals surface area contributed by atoms with Crippen LogP contribution in [0.4, 0.5) is 5.95 Å². The molecule has 0 radical (unpaired) electrons. The number of rotatable bonds is 2. The molecule has 0 fully saturated rings. The number of aryl methyl sites for hydroxylation is 2.